The summed E-state index contributed by atoms with van der Waals surface area (Å²) in [7, 11) is 0. The van der Waals surface area contributed by atoms with Gasteiger partial charge < -0.3 is 18.9 Å². The first-order valence-corrected chi connectivity index (χ1v) is 12.0. The van der Waals surface area contributed by atoms with E-state index in [-0.39, 0.29) is 45.4 Å². The Balaban J connectivity index is 1.67. The highest BCUT2D eigenvalue weighted by Gasteiger charge is 2.26. The van der Waals surface area contributed by atoms with Crippen molar-refractivity contribution >= 4 is 23.2 Å². The molecule has 0 radical (unpaired) electrons. The van der Waals surface area contributed by atoms with E-state index >= 15 is 4.39 Å². The Labute approximate surface area is 226 Å². The summed E-state index contributed by atoms with van der Waals surface area (Å²) in [5, 5.41) is 0.534. The third-order valence-corrected chi connectivity index (χ3v) is 5.81. The summed E-state index contributed by atoms with van der Waals surface area (Å²) in [6.07, 6.45) is 1.49. The molecular formula is C29H17Cl2F2NO4. The standard InChI is InChI=1S/C29H17Cl2F2NO4/c30-22-14-13-21(16-23(22)31)37-28-25(36-20-11-9-18(32)10-12-20)17-24(35-19-6-2-1-3-7-19)27(33)29(28)38-26-8-4-5-15-34-26/h1-17H. The summed E-state index contributed by atoms with van der Waals surface area (Å²) in [4.78, 5) is 4.12. The molecule has 190 valence electrons. The van der Waals surface area contributed by atoms with Crippen molar-refractivity contribution in [2.24, 2.45) is 0 Å². The average molecular weight is 552 g/mol. The summed E-state index contributed by atoms with van der Waals surface area (Å²) in [6, 6.07) is 24.7. The molecule has 1 heterocycles. The number of benzene rings is 4. The Morgan fingerprint density at radius 1 is 0.553 bits per heavy atom. The molecule has 0 saturated heterocycles. The number of nitrogens with zero attached hydrogens (tertiary/aromatic N) is 1. The number of ether oxygens (including phenoxy) is 4. The Morgan fingerprint density at radius 2 is 1.24 bits per heavy atom. The van der Waals surface area contributed by atoms with E-state index in [2.05, 4.69) is 4.98 Å². The Kier molecular flexibility index (Phi) is 7.58. The van der Waals surface area contributed by atoms with Crippen LogP contribution in [0, 0.1) is 11.6 Å². The second-order valence-electron chi connectivity index (χ2n) is 7.76. The van der Waals surface area contributed by atoms with Crippen LogP contribution in [0.5, 0.6) is 46.1 Å². The second-order valence-corrected chi connectivity index (χ2v) is 8.58. The van der Waals surface area contributed by atoms with Crippen LogP contribution in [-0.4, -0.2) is 4.98 Å². The van der Waals surface area contributed by atoms with Crippen LogP contribution in [0.25, 0.3) is 0 Å². The van der Waals surface area contributed by atoms with Gasteiger partial charge in [-0.3, -0.25) is 0 Å². The minimum absolute atomic E-state index is 0.0148. The van der Waals surface area contributed by atoms with Crippen LogP contribution >= 0.6 is 23.2 Å². The SMILES string of the molecule is Fc1ccc(Oc2cc(Oc3ccccc3)c(F)c(Oc3ccccn3)c2Oc2ccc(Cl)c(Cl)c2)cc1. The number of halogens is 4. The van der Waals surface area contributed by atoms with Crippen LogP contribution in [0.3, 0.4) is 0 Å². The number of para-hydroxylation sites is 1. The molecule has 5 nitrogen and oxygen atoms in total. The first kappa shape index (κ1) is 25.3. The maximum Gasteiger partial charge on any atom is 0.219 e. The zero-order chi connectivity index (χ0) is 26.5. The van der Waals surface area contributed by atoms with E-state index < -0.39 is 11.6 Å². The van der Waals surface area contributed by atoms with Gasteiger partial charge in [0.15, 0.2) is 11.5 Å². The molecule has 5 rings (SSSR count). The lowest BCUT2D eigenvalue weighted by molar-refractivity contribution is 0.349. The minimum Gasteiger partial charge on any atom is -0.454 e. The Bertz CT molecular complexity index is 1550. The third-order valence-electron chi connectivity index (χ3n) is 5.08. The van der Waals surface area contributed by atoms with Crippen LogP contribution in [0.15, 0.2) is 103 Å². The maximum absolute atomic E-state index is 16.0. The largest absolute Gasteiger partial charge is 0.454 e. The van der Waals surface area contributed by atoms with Crippen molar-refractivity contribution < 1.29 is 27.7 Å². The van der Waals surface area contributed by atoms with Crippen molar-refractivity contribution in [3.05, 3.63) is 125 Å². The lowest BCUT2D eigenvalue weighted by atomic mass is 10.2. The fourth-order valence-electron chi connectivity index (χ4n) is 3.32. The van der Waals surface area contributed by atoms with Gasteiger partial charge in [0.2, 0.25) is 23.2 Å². The van der Waals surface area contributed by atoms with Crippen LogP contribution in [-0.2, 0) is 0 Å². The molecule has 0 unspecified atom stereocenters. The molecule has 0 aliphatic carbocycles. The monoisotopic (exact) mass is 551 g/mol. The van der Waals surface area contributed by atoms with Crippen molar-refractivity contribution in [2.45, 2.75) is 0 Å². The molecule has 0 saturated carbocycles. The molecule has 0 spiro atoms. The highest BCUT2D eigenvalue weighted by molar-refractivity contribution is 6.42. The van der Waals surface area contributed by atoms with E-state index in [9.17, 15) is 4.39 Å². The van der Waals surface area contributed by atoms with Crippen molar-refractivity contribution in [1.82, 2.24) is 4.98 Å². The van der Waals surface area contributed by atoms with Gasteiger partial charge in [-0.1, -0.05) is 47.5 Å². The third kappa shape index (κ3) is 5.96. The predicted molar refractivity (Wildman–Crippen MR) is 140 cm³/mol. The van der Waals surface area contributed by atoms with Crippen LogP contribution in [0.1, 0.15) is 0 Å². The molecule has 0 atom stereocenters. The van der Waals surface area contributed by atoms with Crippen molar-refractivity contribution in [3.8, 4) is 46.1 Å². The zero-order valence-electron chi connectivity index (χ0n) is 19.4. The summed E-state index contributed by atoms with van der Waals surface area (Å²) in [5.41, 5.74) is 0. The molecule has 0 amide bonds. The average Bonchev–Trinajstić information content (AvgIpc) is 2.93. The van der Waals surface area contributed by atoms with E-state index in [1.54, 1.807) is 54.6 Å². The highest BCUT2D eigenvalue weighted by Crippen LogP contribution is 2.50. The van der Waals surface area contributed by atoms with E-state index in [0.717, 1.165) is 0 Å². The summed E-state index contributed by atoms with van der Waals surface area (Å²) < 4.78 is 53.3. The van der Waals surface area contributed by atoms with Gasteiger partial charge >= 0.3 is 0 Å². The van der Waals surface area contributed by atoms with Gasteiger partial charge in [-0.25, -0.2) is 9.37 Å². The molecule has 38 heavy (non-hydrogen) atoms. The van der Waals surface area contributed by atoms with Gasteiger partial charge in [-0.2, -0.15) is 4.39 Å². The van der Waals surface area contributed by atoms with Gasteiger partial charge in [-0.05, 0) is 54.6 Å². The molecule has 4 aromatic carbocycles. The molecule has 0 aliphatic rings. The lowest BCUT2D eigenvalue weighted by Crippen LogP contribution is -2.00. The summed E-state index contributed by atoms with van der Waals surface area (Å²) >= 11 is 12.2. The fraction of sp³-hybridized carbons (Fsp3) is 0. The first-order valence-electron chi connectivity index (χ1n) is 11.2. The van der Waals surface area contributed by atoms with Gasteiger partial charge in [0.05, 0.1) is 10.0 Å². The van der Waals surface area contributed by atoms with Gasteiger partial charge in [0, 0.05) is 24.4 Å². The molecule has 0 aliphatic heterocycles. The van der Waals surface area contributed by atoms with Gasteiger partial charge in [0.25, 0.3) is 0 Å². The van der Waals surface area contributed by atoms with Crippen LogP contribution in [0.4, 0.5) is 8.78 Å². The lowest BCUT2D eigenvalue weighted by Gasteiger charge is -2.19. The van der Waals surface area contributed by atoms with Gasteiger partial charge in [0.1, 0.15) is 23.1 Å². The summed E-state index contributed by atoms with van der Waals surface area (Å²) in [5.74, 6) is -1.07. The number of rotatable bonds is 8. The molecule has 1 aromatic heterocycles. The van der Waals surface area contributed by atoms with Crippen LogP contribution in [0.2, 0.25) is 10.0 Å². The van der Waals surface area contributed by atoms with E-state index in [4.69, 9.17) is 42.1 Å². The summed E-state index contributed by atoms with van der Waals surface area (Å²) in [6.45, 7) is 0. The van der Waals surface area contributed by atoms with Crippen molar-refractivity contribution in [3.63, 3.8) is 0 Å². The molecular weight excluding hydrogens is 535 g/mol. The molecule has 0 bridgehead atoms. The Hall–Kier alpha value is -4.33. The molecule has 9 heteroatoms. The van der Waals surface area contributed by atoms with E-state index in [0.29, 0.717) is 10.8 Å². The Morgan fingerprint density at radius 3 is 1.95 bits per heavy atom. The highest BCUT2D eigenvalue weighted by atomic mass is 35.5. The first-order chi connectivity index (χ1) is 18.5. The number of aromatic nitrogens is 1. The molecule has 5 aromatic rings. The number of pyridine rings is 1. The van der Waals surface area contributed by atoms with Crippen molar-refractivity contribution in [2.75, 3.05) is 0 Å². The smallest absolute Gasteiger partial charge is 0.219 e. The number of hydrogen-bond donors (Lipinski definition) is 0. The van der Waals surface area contributed by atoms with Crippen molar-refractivity contribution in [1.29, 1.82) is 0 Å². The maximum atomic E-state index is 16.0. The van der Waals surface area contributed by atoms with E-state index in [1.807, 2.05) is 0 Å². The quantitative estimate of drug-likeness (QED) is 0.192. The minimum atomic E-state index is -0.874. The predicted octanol–water partition coefficient (Wildman–Crippen LogP) is 9.84. The van der Waals surface area contributed by atoms with Gasteiger partial charge in [-0.15, -0.1) is 0 Å². The van der Waals surface area contributed by atoms with Crippen LogP contribution < -0.4 is 18.9 Å². The molecule has 0 fully saturated rings. The van der Waals surface area contributed by atoms with E-state index in [1.165, 1.54) is 48.7 Å². The topological polar surface area (TPSA) is 49.8 Å². The molecule has 0 N–H and O–H groups in total. The normalized spacial score (nSPS) is 10.6. The zero-order valence-corrected chi connectivity index (χ0v) is 20.9. The second kappa shape index (κ2) is 11.4. The number of hydrogen-bond acceptors (Lipinski definition) is 5. The fourth-order valence-corrected chi connectivity index (χ4v) is 3.61.